The molecule has 0 aliphatic heterocycles. The van der Waals surface area contributed by atoms with Gasteiger partial charge in [0.2, 0.25) is 0 Å². The van der Waals surface area contributed by atoms with Crippen LogP contribution in [0.3, 0.4) is 0 Å². The van der Waals surface area contributed by atoms with Crippen molar-refractivity contribution in [2.24, 2.45) is 0 Å². The predicted octanol–water partition coefficient (Wildman–Crippen LogP) is 4.32. The van der Waals surface area contributed by atoms with E-state index < -0.39 is 18.5 Å². The molecule has 1 N–H and O–H groups in total. The summed E-state index contributed by atoms with van der Waals surface area (Å²) in [7, 11) is 0. The Morgan fingerprint density at radius 2 is 1.97 bits per heavy atom. The van der Waals surface area contributed by atoms with Gasteiger partial charge in [-0.2, -0.15) is 15.0 Å². The van der Waals surface area contributed by atoms with Crippen LogP contribution in [0.5, 0.6) is 0 Å². The van der Waals surface area contributed by atoms with Gasteiger partial charge in [-0.25, -0.2) is 14.8 Å². The first-order chi connectivity index (χ1) is 17.9. The number of pyridine rings is 2. The Hall–Kier alpha value is -4.52. The zero-order valence-electron chi connectivity index (χ0n) is 21.0. The molecule has 0 radical (unpaired) electrons. The minimum Gasteiger partial charge on any atom is -0.452 e. The van der Waals surface area contributed by atoms with Crippen LogP contribution in [0.15, 0.2) is 36.7 Å². The van der Waals surface area contributed by atoms with E-state index in [9.17, 15) is 14.9 Å². The normalized spacial score (nSPS) is 13.6. The van der Waals surface area contributed by atoms with Gasteiger partial charge in [-0.05, 0) is 57.4 Å². The highest BCUT2D eigenvalue weighted by atomic mass is 16.5. The summed E-state index contributed by atoms with van der Waals surface area (Å²) in [5, 5.41) is 17.7. The quantitative estimate of drug-likeness (QED) is 0.393. The molecule has 0 spiro atoms. The Morgan fingerprint density at radius 3 is 2.68 bits per heavy atom. The van der Waals surface area contributed by atoms with Gasteiger partial charge in [-0.15, -0.1) is 0 Å². The summed E-state index contributed by atoms with van der Waals surface area (Å²) in [6.45, 7) is 5.19. The molecule has 1 fully saturated rings. The van der Waals surface area contributed by atoms with Gasteiger partial charge in [0.05, 0.1) is 16.8 Å². The Balaban J connectivity index is 1.31. The number of amides is 1. The summed E-state index contributed by atoms with van der Waals surface area (Å²) in [4.78, 5) is 34.2. The van der Waals surface area contributed by atoms with Crippen LogP contribution in [0.25, 0.3) is 16.9 Å². The van der Waals surface area contributed by atoms with Gasteiger partial charge >= 0.3 is 5.97 Å². The SMILES string of the molecule is Cc1c(C#N)c(NC(=O)COC(=O)c2cnc3c(c2)c(C)nn3-c2ccccn2)n(C2CCCC2)c1C. The van der Waals surface area contributed by atoms with Crippen LogP contribution in [0.2, 0.25) is 0 Å². The fourth-order valence-corrected chi connectivity index (χ4v) is 4.98. The Kier molecular flexibility index (Phi) is 6.44. The minimum absolute atomic E-state index is 0.211. The van der Waals surface area contributed by atoms with E-state index in [2.05, 4.69) is 31.0 Å². The summed E-state index contributed by atoms with van der Waals surface area (Å²) < 4.78 is 8.97. The summed E-state index contributed by atoms with van der Waals surface area (Å²) in [6, 6.07) is 9.60. The fraction of sp³-hybridized carbons (Fsp3) is 0.333. The van der Waals surface area contributed by atoms with Crippen LogP contribution in [0.4, 0.5) is 5.82 Å². The Morgan fingerprint density at radius 1 is 1.19 bits per heavy atom. The van der Waals surface area contributed by atoms with Crippen LogP contribution in [-0.4, -0.2) is 42.8 Å². The second-order valence-corrected chi connectivity index (χ2v) is 9.26. The number of carbonyl (C=O) groups excluding carboxylic acids is 2. The number of aromatic nitrogens is 5. The van der Waals surface area contributed by atoms with Crippen LogP contribution >= 0.6 is 0 Å². The lowest BCUT2D eigenvalue weighted by Gasteiger charge is -2.19. The van der Waals surface area contributed by atoms with Gasteiger partial charge in [0.25, 0.3) is 5.91 Å². The first-order valence-electron chi connectivity index (χ1n) is 12.2. The van der Waals surface area contributed by atoms with Crippen LogP contribution < -0.4 is 5.32 Å². The van der Waals surface area contributed by atoms with Crippen molar-refractivity contribution in [3.8, 4) is 11.9 Å². The lowest BCUT2D eigenvalue weighted by Crippen LogP contribution is -2.24. The molecule has 0 saturated heterocycles. The predicted molar refractivity (Wildman–Crippen MR) is 136 cm³/mol. The molecule has 0 unspecified atom stereocenters. The van der Waals surface area contributed by atoms with E-state index in [1.54, 1.807) is 16.9 Å². The van der Waals surface area contributed by atoms with Crippen molar-refractivity contribution in [2.45, 2.75) is 52.5 Å². The first-order valence-corrected chi connectivity index (χ1v) is 12.2. The molecule has 0 atom stereocenters. The second kappa shape index (κ2) is 9.85. The number of ether oxygens (including phenoxy) is 1. The molecule has 10 heteroatoms. The van der Waals surface area contributed by atoms with Crippen LogP contribution in [0.1, 0.15) is 64.6 Å². The molecule has 4 aromatic rings. The van der Waals surface area contributed by atoms with E-state index in [1.165, 1.54) is 6.20 Å². The molecular weight excluding hydrogens is 470 g/mol. The minimum atomic E-state index is -0.673. The third kappa shape index (κ3) is 4.44. The number of rotatable bonds is 6. The number of hydrogen-bond acceptors (Lipinski definition) is 7. The highest BCUT2D eigenvalue weighted by molar-refractivity contribution is 5.97. The van der Waals surface area contributed by atoms with Gasteiger partial charge < -0.3 is 14.6 Å². The molecule has 188 valence electrons. The average Bonchev–Trinajstić information content (AvgIpc) is 3.61. The lowest BCUT2D eigenvalue weighted by atomic mass is 10.2. The molecular formula is C27H27N7O3. The van der Waals surface area contributed by atoms with E-state index in [4.69, 9.17) is 4.74 Å². The molecule has 5 rings (SSSR count). The van der Waals surface area contributed by atoms with Crippen molar-refractivity contribution in [1.82, 2.24) is 24.3 Å². The third-order valence-electron chi connectivity index (χ3n) is 6.96. The van der Waals surface area contributed by atoms with E-state index in [-0.39, 0.29) is 11.6 Å². The topological polar surface area (TPSA) is 128 Å². The molecule has 4 aromatic heterocycles. The van der Waals surface area contributed by atoms with Crippen LogP contribution in [0, 0.1) is 32.1 Å². The Labute approximate surface area is 213 Å². The number of nitrogens with one attached hydrogen (secondary N) is 1. The summed E-state index contributed by atoms with van der Waals surface area (Å²) >= 11 is 0. The number of nitrogens with zero attached hydrogens (tertiary/aromatic N) is 6. The van der Waals surface area contributed by atoms with Gasteiger partial charge in [0.1, 0.15) is 11.9 Å². The summed E-state index contributed by atoms with van der Waals surface area (Å²) in [5.74, 6) is -0.0841. The second-order valence-electron chi connectivity index (χ2n) is 9.26. The zero-order valence-corrected chi connectivity index (χ0v) is 21.0. The number of hydrogen-bond donors (Lipinski definition) is 1. The molecule has 37 heavy (non-hydrogen) atoms. The number of fused-ring (bicyclic) bond motifs is 1. The number of anilines is 1. The van der Waals surface area contributed by atoms with Gasteiger partial charge in [0.15, 0.2) is 18.1 Å². The van der Waals surface area contributed by atoms with E-state index in [0.29, 0.717) is 33.9 Å². The molecule has 0 bridgehead atoms. The standard InChI is InChI=1S/C27H27N7O3/c1-16-18(3)33(20-8-4-5-9-20)26(22(16)13-28)31-24(35)15-37-27(36)19-12-21-17(2)32-34(25(21)30-14-19)23-10-6-7-11-29-23/h6-7,10-12,14,20H,4-5,8-9,15H2,1-3H3,(H,31,35). The zero-order chi connectivity index (χ0) is 26.1. The van der Waals surface area contributed by atoms with Crippen molar-refractivity contribution >= 4 is 28.7 Å². The van der Waals surface area contributed by atoms with Crippen molar-refractivity contribution in [1.29, 1.82) is 5.26 Å². The lowest BCUT2D eigenvalue weighted by molar-refractivity contribution is -0.119. The van der Waals surface area contributed by atoms with Crippen molar-refractivity contribution in [3.05, 3.63) is 64.7 Å². The molecule has 0 aromatic carbocycles. The van der Waals surface area contributed by atoms with Crippen molar-refractivity contribution in [3.63, 3.8) is 0 Å². The number of esters is 1. The average molecular weight is 498 g/mol. The fourth-order valence-electron chi connectivity index (χ4n) is 4.98. The highest BCUT2D eigenvalue weighted by Crippen LogP contribution is 2.37. The maximum absolute atomic E-state index is 12.8. The highest BCUT2D eigenvalue weighted by Gasteiger charge is 2.27. The molecule has 1 aliphatic rings. The molecule has 1 saturated carbocycles. The first kappa shape index (κ1) is 24.2. The van der Waals surface area contributed by atoms with Gasteiger partial charge in [-0.1, -0.05) is 18.9 Å². The van der Waals surface area contributed by atoms with Gasteiger partial charge in [-0.3, -0.25) is 4.79 Å². The molecule has 1 amide bonds. The van der Waals surface area contributed by atoms with Gasteiger partial charge in [0, 0.05) is 29.5 Å². The van der Waals surface area contributed by atoms with Crippen molar-refractivity contribution < 1.29 is 14.3 Å². The summed E-state index contributed by atoms with van der Waals surface area (Å²) in [5.41, 5.74) is 3.72. The summed E-state index contributed by atoms with van der Waals surface area (Å²) in [6.07, 6.45) is 7.31. The van der Waals surface area contributed by atoms with E-state index in [1.807, 2.05) is 39.0 Å². The van der Waals surface area contributed by atoms with Crippen LogP contribution in [-0.2, 0) is 9.53 Å². The molecule has 4 heterocycles. The largest absolute Gasteiger partial charge is 0.452 e. The van der Waals surface area contributed by atoms with Crippen molar-refractivity contribution in [2.75, 3.05) is 11.9 Å². The van der Waals surface area contributed by atoms with E-state index >= 15 is 0 Å². The monoisotopic (exact) mass is 497 g/mol. The number of carbonyl (C=O) groups is 2. The van der Waals surface area contributed by atoms with E-state index in [0.717, 1.165) is 36.9 Å². The Bertz CT molecular complexity index is 1540. The molecule has 1 aliphatic carbocycles. The maximum Gasteiger partial charge on any atom is 0.340 e. The molecule has 10 nitrogen and oxygen atoms in total. The number of aryl methyl sites for hydroxylation is 1. The number of nitriles is 1. The maximum atomic E-state index is 12.8. The smallest absolute Gasteiger partial charge is 0.340 e. The third-order valence-corrected chi connectivity index (χ3v) is 6.96.